The number of hydrogen-bond donors (Lipinski definition) is 1. The molecule has 1 unspecified atom stereocenters. The number of rotatable bonds is 4. The number of benzene rings is 1. The summed E-state index contributed by atoms with van der Waals surface area (Å²) in [5.74, 6) is 0. The van der Waals surface area contributed by atoms with Crippen LogP contribution >= 0.6 is 0 Å². The van der Waals surface area contributed by atoms with Gasteiger partial charge in [0.2, 0.25) is 0 Å². The summed E-state index contributed by atoms with van der Waals surface area (Å²) in [5.41, 5.74) is 4.83. The summed E-state index contributed by atoms with van der Waals surface area (Å²) in [6.07, 6.45) is 6.78. The third-order valence-electron chi connectivity index (χ3n) is 4.43. The Balaban J connectivity index is 1.72. The first kappa shape index (κ1) is 15.2. The van der Waals surface area contributed by atoms with E-state index in [4.69, 9.17) is 4.74 Å². The molecule has 0 amide bonds. The van der Waals surface area contributed by atoms with Crippen LogP contribution in [0.3, 0.4) is 0 Å². The fraction of sp³-hybridized carbons (Fsp3) is 0.389. The quantitative estimate of drug-likeness (QED) is 0.800. The summed E-state index contributed by atoms with van der Waals surface area (Å²) in [4.78, 5) is 13.5. The predicted molar refractivity (Wildman–Crippen MR) is 92.4 cm³/mol. The second kappa shape index (κ2) is 6.67. The number of hydrogen-bond acceptors (Lipinski definition) is 5. The Morgan fingerprint density at radius 3 is 2.79 bits per heavy atom. The normalized spacial score (nSPS) is 18.1. The standard InChI is InChI=1S/C18H21N5O/c1-19-10-13-5-7-14(8-6-13)16-17-18(21-11-20-16)23(12-22-17)15-4-2-3-9-24-15/h5-8,11-12,15,19H,2-4,9-10H2,1H3. The molecule has 3 heterocycles. The lowest BCUT2D eigenvalue weighted by Crippen LogP contribution is -2.17. The van der Waals surface area contributed by atoms with E-state index in [1.54, 1.807) is 6.33 Å². The lowest BCUT2D eigenvalue weighted by molar-refractivity contribution is -0.0298. The van der Waals surface area contributed by atoms with Crippen molar-refractivity contribution >= 4 is 11.2 Å². The predicted octanol–water partition coefficient (Wildman–Crippen LogP) is 2.91. The maximum Gasteiger partial charge on any atom is 0.165 e. The van der Waals surface area contributed by atoms with Crippen molar-refractivity contribution in [3.8, 4) is 11.3 Å². The van der Waals surface area contributed by atoms with E-state index in [9.17, 15) is 0 Å². The number of aromatic nitrogens is 4. The molecule has 0 bridgehead atoms. The van der Waals surface area contributed by atoms with Crippen molar-refractivity contribution in [1.29, 1.82) is 0 Å². The van der Waals surface area contributed by atoms with Crippen molar-refractivity contribution in [3.63, 3.8) is 0 Å². The van der Waals surface area contributed by atoms with Gasteiger partial charge in [-0.05, 0) is 31.9 Å². The molecule has 1 atom stereocenters. The smallest absolute Gasteiger partial charge is 0.165 e. The minimum absolute atomic E-state index is 0.0319. The number of ether oxygens (including phenoxy) is 1. The summed E-state index contributed by atoms with van der Waals surface area (Å²) in [6, 6.07) is 8.40. The highest BCUT2D eigenvalue weighted by Gasteiger charge is 2.20. The number of nitrogens with zero attached hydrogens (tertiary/aromatic N) is 4. The topological polar surface area (TPSA) is 64.9 Å². The fourth-order valence-corrected chi connectivity index (χ4v) is 3.20. The van der Waals surface area contributed by atoms with Crippen molar-refractivity contribution in [2.45, 2.75) is 32.0 Å². The van der Waals surface area contributed by atoms with Crippen molar-refractivity contribution in [1.82, 2.24) is 24.8 Å². The molecule has 0 spiro atoms. The molecule has 1 aliphatic heterocycles. The van der Waals surface area contributed by atoms with Gasteiger partial charge < -0.3 is 10.1 Å². The van der Waals surface area contributed by atoms with Crippen molar-refractivity contribution in [2.24, 2.45) is 0 Å². The van der Waals surface area contributed by atoms with E-state index in [-0.39, 0.29) is 6.23 Å². The highest BCUT2D eigenvalue weighted by atomic mass is 16.5. The third kappa shape index (κ3) is 2.79. The van der Waals surface area contributed by atoms with Gasteiger partial charge in [-0.25, -0.2) is 15.0 Å². The molecule has 4 rings (SSSR count). The zero-order valence-electron chi connectivity index (χ0n) is 13.8. The molecule has 0 radical (unpaired) electrons. The molecule has 124 valence electrons. The Morgan fingerprint density at radius 2 is 2.04 bits per heavy atom. The van der Waals surface area contributed by atoms with Crippen LogP contribution in [0.1, 0.15) is 31.1 Å². The summed E-state index contributed by atoms with van der Waals surface area (Å²) < 4.78 is 7.91. The first-order chi connectivity index (χ1) is 11.9. The van der Waals surface area contributed by atoms with Crippen LogP contribution in [0.25, 0.3) is 22.4 Å². The van der Waals surface area contributed by atoms with Crippen LogP contribution in [0.2, 0.25) is 0 Å². The lowest BCUT2D eigenvalue weighted by atomic mass is 10.1. The van der Waals surface area contributed by atoms with Gasteiger partial charge in [-0.15, -0.1) is 0 Å². The first-order valence-electron chi connectivity index (χ1n) is 8.40. The Hall–Kier alpha value is -2.31. The molecular formula is C18H21N5O. The zero-order valence-corrected chi connectivity index (χ0v) is 13.8. The molecule has 1 N–H and O–H groups in total. The van der Waals surface area contributed by atoms with Crippen LogP contribution in [0.5, 0.6) is 0 Å². The fourth-order valence-electron chi connectivity index (χ4n) is 3.20. The molecule has 1 aromatic carbocycles. The second-order valence-electron chi connectivity index (χ2n) is 6.09. The van der Waals surface area contributed by atoms with Crippen LogP contribution in [-0.4, -0.2) is 33.2 Å². The SMILES string of the molecule is CNCc1ccc(-c2ncnc3c2ncn3C2CCCCO2)cc1. The molecule has 24 heavy (non-hydrogen) atoms. The zero-order chi connectivity index (χ0) is 16.4. The van der Waals surface area contributed by atoms with Crippen LogP contribution in [0.4, 0.5) is 0 Å². The van der Waals surface area contributed by atoms with Crippen LogP contribution in [0.15, 0.2) is 36.9 Å². The molecule has 1 saturated heterocycles. The Labute approximate surface area is 140 Å². The van der Waals surface area contributed by atoms with E-state index in [0.717, 1.165) is 48.4 Å². The van der Waals surface area contributed by atoms with E-state index < -0.39 is 0 Å². The molecule has 1 fully saturated rings. The average molecular weight is 323 g/mol. The molecule has 0 aliphatic carbocycles. The van der Waals surface area contributed by atoms with Crippen LogP contribution < -0.4 is 5.32 Å². The largest absolute Gasteiger partial charge is 0.358 e. The van der Waals surface area contributed by atoms with Crippen molar-refractivity contribution in [2.75, 3.05) is 13.7 Å². The van der Waals surface area contributed by atoms with E-state index in [1.165, 1.54) is 12.0 Å². The summed E-state index contributed by atoms with van der Waals surface area (Å²) in [5, 5.41) is 3.16. The van der Waals surface area contributed by atoms with Gasteiger partial charge in [0.15, 0.2) is 5.65 Å². The maximum absolute atomic E-state index is 5.87. The van der Waals surface area contributed by atoms with E-state index in [1.807, 2.05) is 17.9 Å². The average Bonchev–Trinajstić information content (AvgIpc) is 3.08. The van der Waals surface area contributed by atoms with Gasteiger partial charge in [0.25, 0.3) is 0 Å². The molecular weight excluding hydrogens is 302 g/mol. The molecule has 2 aromatic heterocycles. The summed E-state index contributed by atoms with van der Waals surface area (Å²) in [7, 11) is 1.95. The summed E-state index contributed by atoms with van der Waals surface area (Å²) in [6.45, 7) is 1.66. The first-order valence-corrected chi connectivity index (χ1v) is 8.40. The Morgan fingerprint density at radius 1 is 1.17 bits per heavy atom. The van der Waals surface area contributed by atoms with Crippen molar-refractivity contribution in [3.05, 3.63) is 42.5 Å². The molecule has 1 aliphatic rings. The highest BCUT2D eigenvalue weighted by Crippen LogP contribution is 2.29. The monoisotopic (exact) mass is 323 g/mol. The van der Waals surface area contributed by atoms with Crippen LogP contribution in [-0.2, 0) is 11.3 Å². The van der Waals surface area contributed by atoms with Gasteiger partial charge in [0, 0.05) is 18.7 Å². The third-order valence-corrected chi connectivity index (χ3v) is 4.43. The molecule has 0 saturated carbocycles. The second-order valence-corrected chi connectivity index (χ2v) is 6.09. The number of imidazole rings is 1. The van der Waals surface area contributed by atoms with E-state index in [0.29, 0.717) is 0 Å². The maximum atomic E-state index is 5.87. The Bertz CT molecular complexity index is 821. The van der Waals surface area contributed by atoms with Gasteiger partial charge in [-0.2, -0.15) is 0 Å². The molecule has 6 heteroatoms. The minimum Gasteiger partial charge on any atom is -0.358 e. The minimum atomic E-state index is 0.0319. The van der Waals surface area contributed by atoms with E-state index in [2.05, 4.69) is 44.5 Å². The number of fused-ring (bicyclic) bond motifs is 1. The van der Waals surface area contributed by atoms with Gasteiger partial charge in [-0.3, -0.25) is 4.57 Å². The Kier molecular flexibility index (Phi) is 4.23. The highest BCUT2D eigenvalue weighted by molar-refractivity contribution is 5.87. The van der Waals surface area contributed by atoms with E-state index >= 15 is 0 Å². The lowest BCUT2D eigenvalue weighted by Gasteiger charge is -2.23. The van der Waals surface area contributed by atoms with Gasteiger partial charge in [-0.1, -0.05) is 24.3 Å². The van der Waals surface area contributed by atoms with Gasteiger partial charge in [0.05, 0.1) is 6.33 Å². The molecule has 6 nitrogen and oxygen atoms in total. The van der Waals surface area contributed by atoms with Gasteiger partial charge in [0.1, 0.15) is 23.8 Å². The van der Waals surface area contributed by atoms with Crippen molar-refractivity contribution < 1.29 is 4.74 Å². The number of nitrogens with one attached hydrogen (secondary N) is 1. The molecule has 3 aromatic rings. The van der Waals surface area contributed by atoms with Crippen LogP contribution in [0, 0.1) is 0 Å². The summed E-state index contributed by atoms with van der Waals surface area (Å²) >= 11 is 0. The van der Waals surface area contributed by atoms with Gasteiger partial charge >= 0.3 is 0 Å².